The van der Waals surface area contributed by atoms with Gasteiger partial charge in [0.05, 0.1) is 42.0 Å². The van der Waals surface area contributed by atoms with E-state index in [0.29, 0.717) is 19.4 Å². The molecule has 0 amide bonds. The van der Waals surface area contributed by atoms with Gasteiger partial charge < -0.3 is 53.6 Å². The molecule has 54 heavy (non-hydrogen) atoms. The zero-order valence-electron chi connectivity index (χ0n) is 34.3. The van der Waals surface area contributed by atoms with Crippen LogP contribution >= 0.6 is 0 Å². The number of hydrogen-bond acceptors (Lipinski definition) is 14. The van der Waals surface area contributed by atoms with Gasteiger partial charge >= 0.3 is 5.97 Å². The molecule has 18 atom stereocenters. The summed E-state index contributed by atoms with van der Waals surface area (Å²) in [6, 6.07) is -0.611. The molecule has 0 bridgehead atoms. The molecule has 0 saturated carbocycles. The van der Waals surface area contributed by atoms with Gasteiger partial charge in [0.2, 0.25) is 0 Å². The minimum Gasteiger partial charge on any atom is -0.459 e. The Kier molecular flexibility index (Phi) is 14.2. The highest BCUT2D eigenvalue weighted by molar-refractivity contribution is 5.83. The van der Waals surface area contributed by atoms with Gasteiger partial charge in [0, 0.05) is 57.4 Å². The maximum absolute atomic E-state index is 14.3. The molecule has 4 fully saturated rings. The first-order valence-corrected chi connectivity index (χ1v) is 19.5. The van der Waals surface area contributed by atoms with E-state index in [-0.39, 0.29) is 31.1 Å². The largest absolute Gasteiger partial charge is 0.459 e. The fourth-order valence-electron chi connectivity index (χ4n) is 9.71. The maximum Gasteiger partial charge on any atom is 0.311 e. The zero-order valence-corrected chi connectivity index (χ0v) is 34.3. The highest BCUT2D eigenvalue weighted by Gasteiger charge is 2.74. The molecule has 4 N–H and O–H groups in total. The topological polar surface area (TPSA) is 183 Å². The fraction of sp³-hybridized carbons (Fsp3) is 0.900. The van der Waals surface area contributed by atoms with Crippen LogP contribution in [0.1, 0.15) is 94.4 Å². The van der Waals surface area contributed by atoms with E-state index in [0.717, 1.165) is 0 Å². The summed E-state index contributed by atoms with van der Waals surface area (Å²) in [5.74, 6) is -2.19. The predicted octanol–water partition coefficient (Wildman–Crippen LogP) is 2.20. The van der Waals surface area contributed by atoms with E-state index in [9.17, 15) is 30.0 Å². The molecular weight excluding hydrogens is 702 g/mol. The lowest BCUT2D eigenvalue weighted by molar-refractivity contribution is -0.300. The smallest absolute Gasteiger partial charge is 0.311 e. The Labute approximate surface area is 321 Å². The van der Waals surface area contributed by atoms with E-state index in [1.807, 2.05) is 25.8 Å². The van der Waals surface area contributed by atoms with Crippen LogP contribution in [0.25, 0.3) is 0 Å². The molecule has 4 saturated heterocycles. The summed E-state index contributed by atoms with van der Waals surface area (Å²) in [4.78, 5) is 30.5. The van der Waals surface area contributed by atoms with Crippen molar-refractivity contribution in [2.24, 2.45) is 23.7 Å². The summed E-state index contributed by atoms with van der Waals surface area (Å²) in [6.45, 7) is 15.6. The van der Waals surface area contributed by atoms with Gasteiger partial charge in [-0.1, -0.05) is 27.7 Å². The number of cyclic esters (lactones) is 1. The molecule has 4 aliphatic rings. The Hall–Kier alpha value is -1.74. The summed E-state index contributed by atoms with van der Waals surface area (Å²) in [7, 11) is 4.82. The van der Waals surface area contributed by atoms with Gasteiger partial charge in [-0.3, -0.25) is 14.5 Å². The molecule has 0 aliphatic carbocycles. The van der Waals surface area contributed by atoms with Crippen molar-refractivity contribution in [1.82, 2.24) is 4.90 Å². The van der Waals surface area contributed by atoms with E-state index < -0.39 is 107 Å². The molecule has 14 heteroatoms. The van der Waals surface area contributed by atoms with Crippen LogP contribution < -0.4 is 0 Å². The summed E-state index contributed by atoms with van der Waals surface area (Å²) in [5.41, 5.74) is -6.60. The van der Waals surface area contributed by atoms with E-state index in [1.165, 1.54) is 28.1 Å². The third-order valence-electron chi connectivity index (χ3n) is 13.2. The van der Waals surface area contributed by atoms with Crippen molar-refractivity contribution in [3.8, 4) is 12.3 Å². The van der Waals surface area contributed by atoms with Crippen molar-refractivity contribution in [3.05, 3.63) is 0 Å². The first-order chi connectivity index (χ1) is 25.1. The van der Waals surface area contributed by atoms with Crippen molar-refractivity contribution in [3.63, 3.8) is 0 Å². The normalized spacial score (nSPS) is 49.4. The van der Waals surface area contributed by atoms with Gasteiger partial charge in [-0.25, -0.2) is 0 Å². The second kappa shape index (κ2) is 17.0. The lowest BCUT2D eigenvalue weighted by atomic mass is 9.64. The monoisotopic (exact) mass is 769 g/mol. The summed E-state index contributed by atoms with van der Waals surface area (Å²) in [6.07, 6.45) is -2.46. The predicted molar refractivity (Wildman–Crippen MR) is 197 cm³/mol. The number of carbonyl (C=O) groups excluding carboxylic acids is 2. The second-order valence-electron chi connectivity index (χ2n) is 16.9. The summed E-state index contributed by atoms with van der Waals surface area (Å²) >= 11 is 0. The number of methoxy groups -OCH3 is 2. The van der Waals surface area contributed by atoms with Crippen molar-refractivity contribution in [1.29, 1.82) is 0 Å². The Morgan fingerprint density at radius 3 is 2.17 bits per heavy atom. The van der Waals surface area contributed by atoms with Crippen molar-refractivity contribution in [2.45, 2.75) is 178 Å². The maximum atomic E-state index is 14.3. The number of Topliss-reactive ketones (excluding diaryl/α,β-unsaturated/α-hetero) is 1. The van der Waals surface area contributed by atoms with E-state index >= 15 is 0 Å². The molecule has 4 aliphatic heterocycles. The van der Waals surface area contributed by atoms with Crippen LogP contribution in [-0.2, 0) is 42.7 Å². The number of hydrogen-bond donors (Lipinski definition) is 4. The zero-order chi connectivity index (χ0) is 40.7. The number of rotatable bonds is 8. The molecule has 0 aromatic rings. The number of ether oxygens (including phenoxy) is 7. The standard InChI is InChI=1S/C40H67NO13/c1-14-16-17-41(11)27-18-22(4)50-36-40(27,47)39(49-13)19-21(3)30(42)23(5)32(43)38(10,46)28(15-2)52-35(45)25(7)31(24(6)34(39)54-36)53-29-20-37(9,48-12)33(44)26(8)51-29/h1,21-29,31-34,36,43-44,46-47H,15-20H2,2-13H3/t21-,22-,23+,24+,25-,26+,27+,28-,29+,31+,32-,33+,34-,36+,37-,38-,39-,40-/m1/s1. The Morgan fingerprint density at radius 2 is 1.59 bits per heavy atom. The molecule has 14 nitrogen and oxygen atoms in total. The summed E-state index contributed by atoms with van der Waals surface area (Å²) < 4.78 is 44.3. The minimum absolute atomic E-state index is 0.0750. The van der Waals surface area contributed by atoms with Gasteiger partial charge in [-0.15, -0.1) is 12.3 Å². The lowest BCUT2D eigenvalue weighted by Gasteiger charge is -2.54. The number of fused-ring (bicyclic) bond motifs is 3. The first kappa shape index (κ1) is 45.0. The van der Waals surface area contributed by atoms with Crippen LogP contribution in [0.15, 0.2) is 0 Å². The van der Waals surface area contributed by atoms with Crippen molar-refractivity contribution < 1.29 is 63.2 Å². The molecule has 0 aromatic heterocycles. The minimum atomic E-state index is -2.01. The van der Waals surface area contributed by atoms with E-state index in [4.69, 9.17) is 39.6 Å². The van der Waals surface area contributed by atoms with Gasteiger partial charge in [0.15, 0.2) is 18.2 Å². The van der Waals surface area contributed by atoms with E-state index in [1.54, 1.807) is 34.6 Å². The number of aliphatic hydroxyl groups is 4. The van der Waals surface area contributed by atoms with Crippen LogP contribution in [0.4, 0.5) is 0 Å². The van der Waals surface area contributed by atoms with Crippen LogP contribution in [0.2, 0.25) is 0 Å². The average molecular weight is 770 g/mol. The number of esters is 1. The van der Waals surface area contributed by atoms with Crippen molar-refractivity contribution in [2.75, 3.05) is 27.8 Å². The van der Waals surface area contributed by atoms with Crippen LogP contribution in [0.5, 0.6) is 0 Å². The number of likely N-dealkylation sites (N-methyl/N-ethyl adjacent to an activating group) is 1. The third kappa shape index (κ3) is 7.77. The van der Waals surface area contributed by atoms with Crippen molar-refractivity contribution >= 4 is 11.8 Å². The van der Waals surface area contributed by atoms with Gasteiger partial charge in [-0.05, 0) is 60.9 Å². The van der Waals surface area contributed by atoms with Crippen LogP contribution in [0, 0.1) is 36.0 Å². The number of nitrogens with zero attached hydrogens (tertiary/aromatic N) is 1. The molecular formula is C40H67NO13. The average Bonchev–Trinajstić information content (AvgIpc) is 3.38. The second-order valence-corrected chi connectivity index (χ2v) is 16.9. The number of aliphatic hydroxyl groups excluding tert-OH is 2. The molecule has 0 unspecified atom stereocenters. The molecule has 4 rings (SSSR count). The number of ketones is 1. The van der Waals surface area contributed by atoms with E-state index in [2.05, 4.69) is 5.92 Å². The summed E-state index contributed by atoms with van der Waals surface area (Å²) in [5, 5.41) is 47.6. The fourth-order valence-corrected chi connectivity index (χ4v) is 9.71. The Bertz CT molecular complexity index is 1360. The van der Waals surface area contributed by atoms with Gasteiger partial charge in [-0.2, -0.15) is 0 Å². The third-order valence-corrected chi connectivity index (χ3v) is 13.2. The molecule has 4 heterocycles. The van der Waals surface area contributed by atoms with Gasteiger partial charge in [0.1, 0.15) is 29.2 Å². The molecule has 0 aromatic carbocycles. The number of carbonyl (C=O) groups is 2. The Morgan fingerprint density at radius 1 is 0.944 bits per heavy atom. The lowest BCUT2D eigenvalue weighted by Crippen LogP contribution is -2.73. The quantitative estimate of drug-likeness (QED) is 0.208. The molecule has 310 valence electrons. The SMILES string of the molecule is C#CCCN(C)[C@H]1C[C@@H](C)O[C@H]2O[C@@H]3[C@@H](C)[C@H](O[C@H]4C[C@@](C)(OC)[C@@H](O)[C@H](C)O4)[C@@H](C)C(=O)O[C@H](CC)[C@@](C)(O)[C@H](O)[C@@H](C)C(=O)[C@H](C)C[C@]3(OC)[C@]21O. The van der Waals surface area contributed by atoms with Gasteiger partial charge in [0.25, 0.3) is 0 Å². The highest BCUT2D eigenvalue weighted by Crippen LogP contribution is 2.56. The molecule has 0 spiro atoms. The Balaban J connectivity index is 1.94. The molecule has 0 radical (unpaired) electrons. The van der Waals surface area contributed by atoms with Crippen LogP contribution in [0.3, 0.4) is 0 Å². The highest BCUT2D eigenvalue weighted by atomic mass is 16.7. The number of terminal acetylenes is 1. The first-order valence-electron chi connectivity index (χ1n) is 19.5. The van der Waals surface area contributed by atoms with Crippen LogP contribution in [-0.4, -0.2) is 149 Å².